The molecule has 29 heavy (non-hydrogen) atoms. The predicted octanol–water partition coefficient (Wildman–Crippen LogP) is 4.13. The summed E-state index contributed by atoms with van der Waals surface area (Å²) in [7, 11) is 0. The van der Waals surface area contributed by atoms with E-state index in [4.69, 9.17) is 9.84 Å². The van der Waals surface area contributed by atoms with E-state index in [2.05, 4.69) is 17.4 Å². The molecule has 0 aliphatic heterocycles. The number of hydrogen-bond donors (Lipinski definition) is 2. The van der Waals surface area contributed by atoms with Crippen molar-refractivity contribution in [1.29, 1.82) is 0 Å². The second-order valence-corrected chi connectivity index (χ2v) is 6.54. The highest BCUT2D eigenvalue weighted by Gasteiger charge is 2.13. The summed E-state index contributed by atoms with van der Waals surface area (Å²) in [4.78, 5) is 24.3. The molecule has 0 saturated carbocycles. The van der Waals surface area contributed by atoms with Gasteiger partial charge in [-0.1, -0.05) is 42.5 Å². The number of aryl methyl sites for hydroxylation is 1. The summed E-state index contributed by atoms with van der Waals surface area (Å²) in [5.74, 6) is -0.0792. The van der Waals surface area contributed by atoms with E-state index in [0.717, 1.165) is 12.8 Å². The van der Waals surface area contributed by atoms with E-state index >= 15 is 0 Å². The smallest absolute Gasteiger partial charge is 0.255 e. The van der Waals surface area contributed by atoms with Crippen molar-refractivity contribution < 1.29 is 19.4 Å². The van der Waals surface area contributed by atoms with Gasteiger partial charge in [-0.05, 0) is 54.8 Å². The van der Waals surface area contributed by atoms with E-state index in [1.807, 2.05) is 18.2 Å². The van der Waals surface area contributed by atoms with Crippen molar-refractivity contribution in [3.63, 3.8) is 0 Å². The van der Waals surface area contributed by atoms with Gasteiger partial charge in [0, 0.05) is 11.1 Å². The Labute approximate surface area is 170 Å². The molecule has 5 heteroatoms. The third-order valence-corrected chi connectivity index (χ3v) is 4.46. The third-order valence-electron chi connectivity index (χ3n) is 4.46. The van der Waals surface area contributed by atoms with Crippen LogP contribution in [0.25, 0.3) is 0 Å². The summed E-state index contributed by atoms with van der Waals surface area (Å²) in [5, 5.41) is 11.8. The highest BCUT2D eigenvalue weighted by Crippen LogP contribution is 2.18. The Morgan fingerprint density at radius 2 is 1.55 bits per heavy atom. The van der Waals surface area contributed by atoms with E-state index < -0.39 is 12.4 Å². The minimum absolute atomic E-state index is 0.279. The molecule has 1 amide bonds. The van der Waals surface area contributed by atoms with Crippen LogP contribution in [0.2, 0.25) is 0 Å². The number of Topliss-reactive ketones (excluding diaryl/α,β-unsaturated/α-hetero) is 1. The van der Waals surface area contributed by atoms with Crippen molar-refractivity contribution in [3.8, 4) is 5.75 Å². The summed E-state index contributed by atoms with van der Waals surface area (Å²) >= 11 is 0. The fourth-order valence-corrected chi connectivity index (χ4v) is 2.93. The molecule has 0 heterocycles. The molecular formula is C24H23NO4. The van der Waals surface area contributed by atoms with Crippen LogP contribution in [-0.4, -0.2) is 30.0 Å². The summed E-state index contributed by atoms with van der Waals surface area (Å²) in [5.41, 5.74) is 2.38. The molecule has 0 unspecified atom stereocenters. The lowest BCUT2D eigenvalue weighted by atomic mass is 10.1. The lowest BCUT2D eigenvalue weighted by molar-refractivity contribution is 0.0904. The summed E-state index contributed by atoms with van der Waals surface area (Å²) in [6.07, 6.45) is 1.86. The molecule has 3 aromatic rings. The average molecular weight is 389 g/mol. The van der Waals surface area contributed by atoms with Crippen molar-refractivity contribution in [2.75, 3.05) is 18.5 Å². The maximum absolute atomic E-state index is 12.5. The molecule has 0 aliphatic carbocycles. The van der Waals surface area contributed by atoms with Crippen LogP contribution in [-0.2, 0) is 6.42 Å². The number of aliphatic hydroxyl groups is 1. The first kappa shape index (κ1) is 20.3. The SMILES string of the molecule is O=C(Nc1ccccc1C(=O)CO)c1ccc(OCCCc2ccccc2)cc1. The number of amides is 1. The van der Waals surface area contributed by atoms with Crippen molar-refractivity contribution in [1.82, 2.24) is 0 Å². The number of aliphatic hydroxyl groups excluding tert-OH is 1. The summed E-state index contributed by atoms with van der Waals surface area (Å²) in [6.45, 7) is -0.0136. The Morgan fingerprint density at radius 1 is 0.862 bits per heavy atom. The van der Waals surface area contributed by atoms with Gasteiger partial charge in [-0.3, -0.25) is 9.59 Å². The van der Waals surface area contributed by atoms with Gasteiger partial charge in [-0.25, -0.2) is 0 Å². The minimum Gasteiger partial charge on any atom is -0.494 e. The fourth-order valence-electron chi connectivity index (χ4n) is 2.93. The lowest BCUT2D eigenvalue weighted by Gasteiger charge is -2.10. The van der Waals surface area contributed by atoms with E-state index in [0.29, 0.717) is 23.6 Å². The van der Waals surface area contributed by atoms with Gasteiger partial charge in [-0.2, -0.15) is 0 Å². The molecule has 0 radical (unpaired) electrons. The van der Waals surface area contributed by atoms with Gasteiger partial charge in [0.25, 0.3) is 5.91 Å². The molecule has 2 N–H and O–H groups in total. The lowest BCUT2D eigenvalue weighted by Crippen LogP contribution is -2.16. The topological polar surface area (TPSA) is 75.6 Å². The zero-order valence-electron chi connectivity index (χ0n) is 16.0. The molecule has 3 rings (SSSR count). The van der Waals surface area contributed by atoms with Crippen LogP contribution in [0.4, 0.5) is 5.69 Å². The Bertz CT molecular complexity index is 952. The second kappa shape index (κ2) is 10.2. The van der Waals surface area contributed by atoms with Crippen LogP contribution in [0.3, 0.4) is 0 Å². The van der Waals surface area contributed by atoms with Gasteiger partial charge in [0.2, 0.25) is 0 Å². The molecule has 148 valence electrons. The van der Waals surface area contributed by atoms with E-state index in [-0.39, 0.29) is 11.5 Å². The van der Waals surface area contributed by atoms with Gasteiger partial charge >= 0.3 is 0 Å². The number of rotatable bonds is 9. The van der Waals surface area contributed by atoms with Gasteiger partial charge in [0.15, 0.2) is 5.78 Å². The zero-order chi connectivity index (χ0) is 20.5. The van der Waals surface area contributed by atoms with Gasteiger partial charge in [-0.15, -0.1) is 0 Å². The summed E-state index contributed by atoms with van der Waals surface area (Å²) in [6, 6.07) is 23.7. The average Bonchev–Trinajstić information content (AvgIpc) is 2.77. The first-order valence-corrected chi connectivity index (χ1v) is 9.48. The number of ketones is 1. The predicted molar refractivity (Wildman–Crippen MR) is 113 cm³/mol. The monoisotopic (exact) mass is 389 g/mol. The number of nitrogens with one attached hydrogen (secondary N) is 1. The highest BCUT2D eigenvalue weighted by molar-refractivity contribution is 6.09. The number of para-hydroxylation sites is 1. The molecular weight excluding hydrogens is 366 g/mol. The molecule has 0 atom stereocenters. The highest BCUT2D eigenvalue weighted by atomic mass is 16.5. The molecule has 0 spiro atoms. The number of anilines is 1. The standard InChI is InChI=1S/C24H23NO4/c26-17-23(27)21-10-4-5-11-22(21)25-24(28)19-12-14-20(15-13-19)29-16-6-9-18-7-2-1-3-8-18/h1-5,7-8,10-15,26H,6,9,16-17H2,(H,25,28). The normalized spacial score (nSPS) is 10.4. The zero-order valence-corrected chi connectivity index (χ0v) is 16.0. The maximum Gasteiger partial charge on any atom is 0.255 e. The van der Waals surface area contributed by atoms with Crippen molar-refractivity contribution >= 4 is 17.4 Å². The van der Waals surface area contributed by atoms with Crippen molar-refractivity contribution in [3.05, 3.63) is 95.6 Å². The van der Waals surface area contributed by atoms with Crippen LogP contribution in [0.1, 0.15) is 32.7 Å². The molecule has 5 nitrogen and oxygen atoms in total. The number of benzene rings is 3. The van der Waals surface area contributed by atoms with Crippen LogP contribution in [0.5, 0.6) is 5.75 Å². The minimum atomic E-state index is -0.608. The van der Waals surface area contributed by atoms with E-state index in [1.54, 1.807) is 48.5 Å². The molecule has 3 aromatic carbocycles. The number of hydrogen-bond acceptors (Lipinski definition) is 4. The van der Waals surface area contributed by atoms with Crippen molar-refractivity contribution in [2.24, 2.45) is 0 Å². The van der Waals surface area contributed by atoms with Gasteiger partial charge < -0.3 is 15.2 Å². The molecule has 0 fully saturated rings. The second-order valence-electron chi connectivity index (χ2n) is 6.54. The molecule has 0 aromatic heterocycles. The first-order chi connectivity index (χ1) is 14.2. The van der Waals surface area contributed by atoms with E-state index in [9.17, 15) is 9.59 Å². The maximum atomic E-state index is 12.5. The van der Waals surface area contributed by atoms with Gasteiger partial charge in [0.05, 0.1) is 12.3 Å². The van der Waals surface area contributed by atoms with Crippen LogP contribution in [0, 0.1) is 0 Å². The van der Waals surface area contributed by atoms with Gasteiger partial charge in [0.1, 0.15) is 12.4 Å². The summed E-state index contributed by atoms with van der Waals surface area (Å²) < 4.78 is 5.74. The Morgan fingerprint density at radius 3 is 2.28 bits per heavy atom. The van der Waals surface area contributed by atoms with Crippen LogP contribution < -0.4 is 10.1 Å². The quantitative estimate of drug-likeness (QED) is 0.426. The Hall–Kier alpha value is -3.44. The largest absolute Gasteiger partial charge is 0.494 e. The molecule has 0 bridgehead atoms. The molecule has 0 aliphatic rings. The van der Waals surface area contributed by atoms with Crippen LogP contribution >= 0.6 is 0 Å². The number of ether oxygens (including phenoxy) is 1. The fraction of sp³-hybridized carbons (Fsp3) is 0.167. The first-order valence-electron chi connectivity index (χ1n) is 9.48. The Kier molecular flexibility index (Phi) is 7.14. The Balaban J connectivity index is 1.53. The van der Waals surface area contributed by atoms with Crippen LogP contribution in [0.15, 0.2) is 78.9 Å². The van der Waals surface area contributed by atoms with Crippen molar-refractivity contribution in [2.45, 2.75) is 12.8 Å². The molecule has 0 saturated heterocycles. The third kappa shape index (κ3) is 5.77. The number of carbonyl (C=O) groups is 2. The van der Waals surface area contributed by atoms with E-state index in [1.165, 1.54) is 5.56 Å². The number of carbonyl (C=O) groups excluding carboxylic acids is 2.